The highest BCUT2D eigenvalue weighted by Gasteiger charge is 2.30. The maximum absolute atomic E-state index is 13.9. The standard InChI is InChI=1S/C34H31N3O4S/c1-37-29-19-11-9-17-27(29)33(38)31(34(37)39)30(24-14-6-3-7-15-24)32-26(25-16-8-10-18-28(25)36-32)20-21-35-42(40,41)22-23-12-4-2-5-13-23/h2-19,30,35-36,38H,20-22H2,1H3. The number of hydrogen-bond acceptors (Lipinski definition) is 4. The van der Waals surface area contributed by atoms with Gasteiger partial charge in [0.15, 0.2) is 0 Å². The summed E-state index contributed by atoms with van der Waals surface area (Å²) in [6.07, 6.45) is 0.380. The minimum atomic E-state index is -3.58. The first kappa shape index (κ1) is 27.5. The molecule has 0 aliphatic rings. The van der Waals surface area contributed by atoms with Crippen molar-refractivity contribution < 1.29 is 13.5 Å². The van der Waals surface area contributed by atoms with Crippen LogP contribution in [-0.4, -0.2) is 29.6 Å². The predicted molar refractivity (Wildman–Crippen MR) is 167 cm³/mol. The maximum Gasteiger partial charge on any atom is 0.258 e. The minimum Gasteiger partial charge on any atom is -0.507 e. The van der Waals surface area contributed by atoms with Crippen LogP contribution in [0.15, 0.2) is 114 Å². The van der Waals surface area contributed by atoms with E-state index in [0.717, 1.165) is 27.7 Å². The van der Waals surface area contributed by atoms with Crippen LogP contribution in [-0.2, 0) is 29.2 Å². The molecule has 0 aliphatic carbocycles. The van der Waals surface area contributed by atoms with Gasteiger partial charge in [-0.05, 0) is 41.3 Å². The van der Waals surface area contributed by atoms with Crippen LogP contribution in [0, 0.1) is 0 Å². The number of benzene rings is 4. The van der Waals surface area contributed by atoms with Crippen LogP contribution < -0.4 is 10.3 Å². The second kappa shape index (κ2) is 11.3. The van der Waals surface area contributed by atoms with E-state index in [0.29, 0.717) is 22.9 Å². The van der Waals surface area contributed by atoms with Crippen molar-refractivity contribution in [3.63, 3.8) is 0 Å². The molecule has 212 valence electrons. The van der Waals surface area contributed by atoms with Gasteiger partial charge in [-0.15, -0.1) is 0 Å². The molecule has 0 radical (unpaired) electrons. The van der Waals surface area contributed by atoms with Gasteiger partial charge in [0.25, 0.3) is 5.56 Å². The highest BCUT2D eigenvalue weighted by Crippen LogP contribution is 2.40. The summed E-state index contributed by atoms with van der Waals surface area (Å²) in [5, 5.41) is 13.1. The number of nitrogens with one attached hydrogen (secondary N) is 2. The monoisotopic (exact) mass is 577 g/mol. The van der Waals surface area contributed by atoms with E-state index in [4.69, 9.17) is 0 Å². The topological polar surface area (TPSA) is 104 Å². The van der Waals surface area contributed by atoms with Gasteiger partial charge in [0.2, 0.25) is 10.0 Å². The minimum absolute atomic E-state index is 0.0595. The van der Waals surface area contributed by atoms with Crippen LogP contribution in [0.4, 0.5) is 0 Å². The van der Waals surface area contributed by atoms with E-state index in [2.05, 4.69) is 9.71 Å². The van der Waals surface area contributed by atoms with Crippen molar-refractivity contribution >= 4 is 31.8 Å². The molecule has 7 nitrogen and oxygen atoms in total. The van der Waals surface area contributed by atoms with E-state index in [-0.39, 0.29) is 29.2 Å². The summed E-state index contributed by atoms with van der Waals surface area (Å²) in [4.78, 5) is 17.5. The van der Waals surface area contributed by atoms with Gasteiger partial charge in [0, 0.05) is 35.6 Å². The van der Waals surface area contributed by atoms with Crippen LogP contribution in [0.3, 0.4) is 0 Å². The summed E-state index contributed by atoms with van der Waals surface area (Å²) in [5.74, 6) is -0.795. The van der Waals surface area contributed by atoms with Crippen LogP contribution in [0.1, 0.15) is 33.9 Å². The van der Waals surface area contributed by atoms with Crippen molar-refractivity contribution in [1.82, 2.24) is 14.3 Å². The summed E-state index contributed by atoms with van der Waals surface area (Å²) in [7, 11) is -1.86. The number of nitrogens with zero attached hydrogens (tertiary/aromatic N) is 1. The number of pyridine rings is 1. The highest BCUT2D eigenvalue weighted by molar-refractivity contribution is 7.88. The molecule has 3 N–H and O–H groups in total. The molecule has 6 rings (SSSR count). The Labute approximate surface area is 244 Å². The zero-order valence-corrected chi connectivity index (χ0v) is 23.9. The smallest absolute Gasteiger partial charge is 0.258 e. The molecule has 0 spiro atoms. The van der Waals surface area contributed by atoms with Crippen LogP contribution in [0.5, 0.6) is 5.75 Å². The summed E-state index contributed by atoms with van der Waals surface area (Å²) in [6.45, 7) is 0.174. The molecule has 8 heteroatoms. The molecule has 1 atom stereocenters. The van der Waals surface area contributed by atoms with E-state index in [1.54, 1.807) is 23.7 Å². The Bertz CT molecular complexity index is 2050. The van der Waals surface area contributed by atoms with Gasteiger partial charge < -0.3 is 14.7 Å². The summed E-state index contributed by atoms with van der Waals surface area (Å²) >= 11 is 0. The van der Waals surface area contributed by atoms with Gasteiger partial charge >= 0.3 is 0 Å². The summed E-state index contributed by atoms with van der Waals surface area (Å²) in [6, 6.07) is 33.8. The second-order valence-corrected chi connectivity index (χ2v) is 12.2. The van der Waals surface area contributed by atoms with Gasteiger partial charge in [-0.25, -0.2) is 13.1 Å². The Hall–Kier alpha value is -4.66. The molecule has 1 unspecified atom stereocenters. The number of fused-ring (bicyclic) bond motifs is 2. The number of H-pyrrole nitrogens is 1. The van der Waals surface area contributed by atoms with E-state index < -0.39 is 15.9 Å². The largest absolute Gasteiger partial charge is 0.507 e. The van der Waals surface area contributed by atoms with E-state index >= 15 is 0 Å². The zero-order chi connectivity index (χ0) is 29.3. The fourth-order valence-corrected chi connectivity index (χ4v) is 6.95. The van der Waals surface area contributed by atoms with Gasteiger partial charge in [-0.1, -0.05) is 91.0 Å². The number of rotatable bonds is 9. The normalized spacial score (nSPS) is 12.6. The third-order valence-electron chi connectivity index (χ3n) is 7.76. The molecular formula is C34H31N3O4S. The Kier molecular flexibility index (Phi) is 7.41. The first-order valence-corrected chi connectivity index (χ1v) is 15.5. The van der Waals surface area contributed by atoms with Crippen LogP contribution in [0.2, 0.25) is 0 Å². The second-order valence-electron chi connectivity index (χ2n) is 10.4. The lowest BCUT2D eigenvalue weighted by molar-refractivity contribution is 0.470. The van der Waals surface area contributed by atoms with Crippen LogP contribution >= 0.6 is 0 Å². The molecule has 0 saturated heterocycles. The summed E-state index contributed by atoms with van der Waals surface area (Å²) in [5.41, 5.74) is 4.65. The third kappa shape index (κ3) is 5.22. The molecule has 0 saturated carbocycles. The van der Waals surface area contributed by atoms with Gasteiger partial charge in [0.1, 0.15) is 5.75 Å². The fraction of sp³-hybridized carbons (Fsp3) is 0.147. The summed E-state index contributed by atoms with van der Waals surface area (Å²) < 4.78 is 30.1. The number of aryl methyl sites for hydroxylation is 1. The molecule has 2 aromatic heterocycles. The third-order valence-corrected chi connectivity index (χ3v) is 9.12. The number of aromatic hydroxyl groups is 1. The molecule has 0 amide bonds. The number of aromatic nitrogens is 2. The number of aromatic amines is 1. The van der Waals surface area contributed by atoms with Crippen molar-refractivity contribution in [3.05, 3.63) is 147 Å². The lowest BCUT2D eigenvalue weighted by Gasteiger charge is -2.22. The van der Waals surface area contributed by atoms with Gasteiger partial charge in [-0.2, -0.15) is 0 Å². The quantitative estimate of drug-likeness (QED) is 0.209. The zero-order valence-electron chi connectivity index (χ0n) is 23.1. The van der Waals surface area contributed by atoms with Crippen molar-refractivity contribution in [3.8, 4) is 5.75 Å². The molecule has 0 aliphatic heterocycles. The van der Waals surface area contributed by atoms with E-state index in [9.17, 15) is 18.3 Å². The Morgan fingerprint density at radius 3 is 2.19 bits per heavy atom. The van der Waals surface area contributed by atoms with Crippen molar-refractivity contribution in [1.29, 1.82) is 0 Å². The molecule has 4 aromatic carbocycles. The van der Waals surface area contributed by atoms with Crippen molar-refractivity contribution in [2.75, 3.05) is 6.54 Å². The molecule has 42 heavy (non-hydrogen) atoms. The van der Waals surface area contributed by atoms with Crippen molar-refractivity contribution in [2.24, 2.45) is 7.05 Å². The fourth-order valence-electron chi connectivity index (χ4n) is 5.80. The first-order valence-electron chi connectivity index (χ1n) is 13.8. The maximum atomic E-state index is 13.9. The Morgan fingerprint density at radius 2 is 1.45 bits per heavy atom. The molecule has 0 fully saturated rings. The van der Waals surface area contributed by atoms with Crippen LogP contribution in [0.25, 0.3) is 21.8 Å². The van der Waals surface area contributed by atoms with Crippen molar-refractivity contribution in [2.45, 2.75) is 18.1 Å². The number of para-hydroxylation sites is 2. The number of hydrogen-bond donors (Lipinski definition) is 3. The Balaban J connectivity index is 1.47. The molecular weight excluding hydrogens is 546 g/mol. The molecule has 6 aromatic rings. The first-order chi connectivity index (χ1) is 20.3. The molecule has 0 bridgehead atoms. The lowest BCUT2D eigenvalue weighted by atomic mass is 9.85. The SMILES string of the molecule is Cn1c(=O)c(C(c2ccccc2)c2[nH]c3ccccc3c2CCNS(=O)(=O)Cc2ccccc2)c(O)c2ccccc21. The van der Waals surface area contributed by atoms with Gasteiger partial charge in [-0.3, -0.25) is 4.79 Å². The van der Waals surface area contributed by atoms with E-state index in [1.165, 1.54) is 0 Å². The predicted octanol–water partition coefficient (Wildman–Crippen LogP) is 5.57. The number of sulfonamides is 1. The van der Waals surface area contributed by atoms with Gasteiger partial charge in [0.05, 0.1) is 22.8 Å². The average Bonchev–Trinajstić information content (AvgIpc) is 3.36. The van der Waals surface area contributed by atoms with E-state index in [1.807, 2.05) is 97.1 Å². The highest BCUT2D eigenvalue weighted by atomic mass is 32.2. The average molecular weight is 578 g/mol. The Morgan fingerprint density at radius 1 is 0.833 bits per heavy atom. The lowest BCUT2D eigenvalue weighted by Crippen LogP contribution is -2.28. The molecule has 2 heterocycles.